The number of hydrogen-bond acceptors (Lipinski definition) is 5. The molecule has 2 aromatic carbocycles. The number of anilines is 1. The van der Waals surface area contributed by atoms with E-state index in [-0.39, 0.29) is 6.03 Å². The van der Waals surface area contributed by atoms with Crippen LogP contribution in [0.2, 0.25) is 0 Å². The fourth-order valence-electron chi connectivity index (χ4n) is 4.18. The van der Waals surface area contributed by atoms with Crippen LogP contribution >= 0.6 is 11.8 Å². The van der Waals surface area contributed by atoms with Gasteiger partial charge in [0.05, 0.1) is 17.9 Å². The zero-order valence-electron chi connectivity index (χ0n) is 19.2. The lowest BCUT2D eigenvalue weighted by atomic mass is 9.96. The van der Waals surface area contributed by atoms with Crippen molar-refractivity contribution in [3.8, 4) is 22.6 Å². The Balaban J connectivity index is 1.51. The largest absolute Gasteiger partial charge is 0.322 e. The SMILES string of the molecule is CSc1cccc(NC(=O)N2CCc3nc(-c4cccnc4)nc(-c4ccccc4C)c3C2)c1. The van der Waals surface area contributed by atoms with E-state index in [4.69, 9.17) is 9.97 Å². The molecule has 0 atom stereocenters. The zero-order valence-corrected chi connectivity index (χ0v) is 20.0. The predicted molar refractivity (Wildman–Crippen MR) is 137 cm³/mol. The minimum absolute atomic E-state index is 0.115. The maximum Gasteiger partial charge on any atom is 0.322 e. The summed E-state index contributed by atoms with van der Waals surface area (Å²) in [5.41, 5.74) is 6.74. The van der Waals surface area contributed by atoms with Crippen LogP contribution in [-0.2, 0) is 13.0 Å². The molecule has 2 aromatic heterocycles. The van der Waals surface area contributed by atoms with Crippen molar-refractivity contribution in [1.82, 2.24) is 19.9 Å². The lowest BCUT2D eigenvalue weighted by Gasteiger charge is -2.30. The molecule has 0 fully saturated rings. The highest BCUT2D eigenvalue weighted by molar-refractivity contribution is 7.98. The van der Waals surface area contributed by atoms with E-state index in [0.717, 1.165) is 44.2 Å². The fraction of sp³-hybridized carbons (Fsp3) is 0.185. The second-order valence-electron chi connectivity index (χ2n) is 8.21. The third-order valence-electron chi connectivity index (χ3n) is 5.99. The number of amides is 2. The van der Waals surface area contributed by atoms with Gasteiger partial charge in [-0.15, -0.1) is 11.8 Å². The summed E-state index contributed by atoms with van der Waals surface area (Å²) in [5.74, 6) is 0.664. The minimum Gasteiger partial charge on any atom is -0.320 e. The average molecular weight is 468 g/mol. The van der Waals surface area contributed by atoms with Gasteiger partial charge in [0.25, 0.3) is 0 Å². The Hall–Kier alpha value is -3.71. The Labute approximate surface area is 203 Å². The Morgan fingerprint density at radius 2 is 1.94 bits per heavy atom. The number of carbonyl (C=O) groups is 1. The standard InChI is InChI=1S/C27H25N5OS/c1-18-7-3-4-11-22(18)25-23-17-32(27(33)29-20-9-5-10-21(15-20)34-2)14-12-24(23)30-26(31-25)19-8-6-13-28-16-19/h3-11,13,15-16H,12,14,17H2,1-2H3,(H,29,33). The fourth-order valence-corrected chi connectivity index (χ4v) is 4.64. The molecule has 1 N–H and O–H groups in total. The highest BCUT2D eigenvalue weighted by atomic mass is 32.2. The Morgan fingerprint density at radius 1 is 1.06 bits per heavy atom. The molecule has 1 aliphatic rings. The third-order valence-corrected chi connectivity index (χ3v) is 6.71. The van der Waals surface area contributed by atoms with E-state index in [1.54, 1.807) is 24.2 Å². The number of aromatic nitrogens is 3. The number of hydrogen-bond donors (Lipinski definition) is 1. The maximum absolute atomic E-state index is 13.1. The number of aryl methyl sites for hydroxylation is 1. The van der Waals surface area contributed by atoms with Crippen molar-refractivity contribution in [3.05, 3.63) is 89.9 Å². The second-order valence-corrected chi connectivity index (χ2v) is 9.09. The summed E-state index contributed by atoms with van der Waals surface area (Å²) < 4.78 is 0. The second kappa shape index (κ2) is 9.65. The lowest BCUT2D eigenvalue weighted by Crippen LogP contribution is -2.39. The van der Waals surface area contributed by atoms with Crippen LogP contribution in [0.25, 0.3) is 22.6 Å². The average Bonchev–Trinajstić information content (AvgIpc) is 2.88. The molecule has 7 heteroatoms. The Kier molecular flexibility index (Phi) is 6.27. The molecule has 0 saturated carbocycles. The molecule has 3 heterocycles. The van der Waals surface area contributed by atoms with Gasteiger partial charge in [-0.05, 0) is 49.1 Å². The molecule has 0 spiro atoms. The van der Waals surface area contributed by atoms with E-state index in [2.05, 4.69) is 29.4 Å². The number of carbonyl (C=O) groups excluding carboxylic acids is 1. The van der Waals surface area contributed by atoms with Crippen molar-refractivity contribution in [1.29, 1.82) is 0 Å². The Bertz CT molecular complexity index is 1340. The molecule has 2 amide bonds. The van der Waals surface area contributed by atoms with Gasteiger partial charge in [0.2, 0.25) is 0 Å². The van der Waals surface area contributed by atoms with Gasteiger partial charge in [-0.25, -0.2) is 14.8 Å². The van der Waals surface area contributed by atoms with Crippen LogP contribution in [0.4, 0.5) is 10.5 Å². The highest BCUT2D eigenvalue weighted by Gasteiger charge is 2.27. The molecule has 0 saturated heterocycles. The minimum atomic E-state index is -0.115. The summed E-state index contributed by atoms with van der Waals surface area (Å²) >= 11 is 1.65. The first-order valence-corrected chi connectivity index (χ1v) is 12.4. The van der Waals surface area contributed by atoms with E-state index in [1.165, 1.54) is 0 Å². The quantitative estimate of drug-likeness (QED) is 0.383. The van der Waals surface area contributed by atoms with Crippen molar-refractivity contribution in [2.45, 2.75) is 24.8 Å². The van der Waals surface area contributed by atoms with Crippen molar-refractivity contribution in [3.63, 3.8) is 0 Å². The van der Waals surface area contributed by atoms with Gasteiger partial charge < -0.3 is 10.2 Å². The van der Waals surface area contributed by atoms with Crippen LogP contribution in [0.5, 0.6) is 0 Å². The van der Waals surface area contributed by atoms with E-state index in [1.807, 2.05) is 59.7 Å². The van der Waals surface area contributed by atoms with Crippen molar-refractivity contribution >= 4 is 23.5 Å². The molecule has 34 heavy (non-hydrogen) atoms. The van der Waals surface area contributed by atoms with Gasteiger partial charge in [0, 0.05) is 52.6 Å². The van der Waals surface area contributed by atoms with E-state index in [0.29, 0.717) is 25.3 Å². The lowest BCUT2D eigenvalue weighted by molar-refractivity contribution is 0.206. The third kappa shape index (κ3) is 4.52. The number of nitrogens with one attached hydrogen (secondary N) is 1. The molecular formula is C27H25N5OS. The molecule has 1 aliphatic heterocycles. The summed E-state index contributed by atoms with van der Waals surface area (Å²) in [6.07, 6.45) is 6.22. The summed E-state index contributed by atoms with van der Waals surface area (Å²) in [6.45, 7) is 3.14. The topological polar surface area (TPSA) is 71.0 Å². The Morgan fingerprint density at radius 3 is 2.74 bits per heavy atom. The first-order chi connectivity index (χ1) is 16.6. The van der Waals surface area contributed by atoms with Crippen LogP contribution in [0.1, 0.15) is 16.8 Å². The number of thioether (sulfide) groups is 1. The molecule has 0 aliphatic carbocycles. The first-order valence-electron chi connectivity index (χ1n) is 11.2. The van der Waals surface area contributed by atoms with Gasteiger partial charge >= 0.3 is 6.03 Å². The highest BCUT2D eigenvalue weighted by Crippen LogP contribution is 2.32. The molecule has 4 aromatic rings. The number of benzene rings is 2. The number of urea groups is 1. The molecule has 170 valence electrons. The monoisotopic (exact) mass is 467 g/mol. The number of nitrogens with zero attached hydrogens (tertiary/aromatic N) is 4. The summed E-state index contributed by atoms with van der Waals surface area (Å²) in [7, 11) is 0. The van der Waals surface area contributed by atoms with Crippen molar-refractivity contribution < 1.29 is 4.79 Å². The van der Waals surface area contributed by atoms with Crippen LogP contribution in [0.3, 0.4) is 0 Å². The zero-order chi connectivity index (χ0) is 23.5. The van der Waals surface area contributed by atoms with E-state index in [9.17, 15) is 4.79 Å². The summed E-state index contributed by atoms with van der Waals surface area (Å²) in [6, 6.07) is 19.9. The van der Waals surface area contributed by atoms with Crippen LogP contribution < -0.4 is 5.32 Å². The van der Waals surface area contributed by atoms with E-state index < -0.39 is 0 Å². The smallest absolute Gasteiger partial charge is 0.320 e. The van der Waals surface area contributed by atoms with Gasteiger partial charge in [0.1, 0.15) is 0 Å². The van der Waals surface area contributed by atoms with Crippen LogP contribution in [0, 0.1) is 6.92 Å². The van der Waals surface area contributed by atoms with Crippen LogP contribution in [0.15, 0.2) is 78.0 Å². The molecule has 0 bridgehead atoms. The summed E-state index contributed by atoms with van der Waals surface area (Å²) in [5, 5.41) is 3.05. The molecule has 5 rings (SSSR count). The van der Waals surface area contributed by atoms with E-state index >= 15 is 0 Å². The van der Waals surface area contributed by atoms with Gasteiger partial charge in [-0.2, -0.15) is 0 Å². The molecule has 0 unspecified atom stereocenters. The molecular weight excluding hydrogens is 442 g/mol. The first kappa shape index (κ1) is 22.1. The van der Waals surface area contributed by atoms with Crippen LogP contribution in [-0.4, -0.2) is 38.7 Å². The normalized spacial score (nSPS) is 12.8. The van der Waals surface area contributed by atoms with Crippen molar-refractivity contribution in [2.75, 3.05) is 18.1 Å². The molecule has 6 nitrogen and oxygen atoms in total. The summed E-state index contributed by atoms with van der Waals surface area (Å²) in [4.78, 5) is 30.2. The number of pyridine rings is 1. The van der Waals surface area contributed by atoms with Crippen molar-refractivity contribution in [2.24, 2.45) is 0 Å². The van der Waals surface area contributed by atoms with Gasteiger partial charge in [-0.1, -0.05) is 30.3 Å². The van der Waals surface area contributed by atoms with Gasteiger partial charge in [0.15, 0.2) is 5.82 Å². The number of fused-ring (bicyclic) bond motifs is 1. The number of rotatable bonds is 4. The predicted octanol–water partition coefficient (Wildman–Crippen LogP) is 5.83. The maximum atomic E-state index is 13.1. The molecule has 0 radical (unpaired) electrons. The van der Waals surface area contributed by atoms with Gasteiger partial charge in [-0.3, -0.25) is 4.98 Å².